The predicted octanol–water partition coefficient (Wildman–Crippen LogP) is 2.64. The molecular weight excluding hydrogens is 344 g/mol. The van der Waals surface area contributed by atoms with Gasteiger partial charge in [-0.05, 0) is 45.0 Å². The largest absolute Gasteiger partial charge is 0.450 e. The lowest BCUT2D eigenvalue weighted by Gasteiger charge is -2.34. The van der Waals surface area contributed by atoms with Crippen molar-refractivity contribution in [3.05, 3.63) is 24.3 Å². The molecule has 150 valence electrons. The van der Waals surface area contributed by atoms with E-state index in [9.17, 15) is 9.59 Å². The minimum absolute atomic E-state index is 0.116. The van der Waals surface area contributed by atoms with Crippen molar-refractivity contribution in [2.24, 2.45) is 0 Å². The van der Waals surface area contributed by atoms with Gasteiger partial charge < -0.3 is 24.8 Å². The fraction of sp³-hybridized carbons (Fsp3) is 0.600. The maximum atomic E-state index is 12.4. The SMILES string of the molecule is CCOC(=O)N1CCN(C(=O)CCNc2ccc(N(CC)CC)cc2)CC1. The van der Waals surface area contributed by atoms with E-state index >= 15 is 0 Å². The van der Waals surface area contributed by atoms with Crippen LogP contribution >= 0.6 is 0 Å². The molecule has 0 spiro atoms. The van der Waals surface area contributed by atoms with Crippen LogP contribution in [0.3, 0.4) is 0 Å². The monoisotopic (exact) mass is 376 g/mol. The molecule has 0 atom stereocenters. The molecule has 1 saturated heterocycles. The number of hydrogen-bond donors (Lipinski definition) is 1. The number of hydrogen-bond acceptors (Lipinski definition) is 5. The van der Waals surface area contributed by atoms with Crippen LogP contribution in [0.2, 0.25) is 0 Å². The summed E-state index contributed by atoms with van der Waals surface area (Å²) < 4.78 is 5.00. The molecule has 0 aliphatic carbocycles. The fourth-order valence-electron chi connectivity index (χ4n) is 3.20. The minimum atomic E-state index is -0.292. The summed E-state index contributed by atoms with van der Waals surface area (Å²) in [5.41, 5.74) is 2.23. The summed E-state index contributed by atoms with van der Waals surface area (Å²) in [5.74, 6) is 0.116. The van der Waals surface area contributed by atoms with E-state index in [4.69, 9.17) is 4.74 Å². The third-order valence-electron chi connectivity index (χ3n) is 4.82. The highest BCUT2D eigenvalue weighted by Crippen LogP contribution is 2.17. The van der Waals surface area contributed by atoms with Crippen LogP contribution in [0.25, 0.3) is 0 Å². The highest BCUT2D eigenvalue weighted by atomic mass is 16.6. The molecule has 7 nitrogen and oxygen atoms in total. The lowest BCUT2D eigenvalue weighted by atomic mass is 10.2. The smallest absolute Gasteiger partial charge is 0.409 e. The number of ether oxygens (including phenoxy) is 1. The summed E-state index contributed by atoms with van der Waals surface area (Å²) in [5, 5.41) is 3.31. The van der Waals surface area contributed by atoms with E-state index in [-0.39, 0.29) is 12.0 Å². The average molecular weight is 377 g/mol. The number of benzene rings is 1. The lowest BCUT2D eigenvalue weighted by molar-refractivity contribution is -0.132. The number of nitrogens with one attached hydrogen (secondary N) is 1. The van der Waals surface area contributed by atoms with Gasteiger partial charge >= 0.3 is 6.09 Å². The molecule has 1 aliphatic rings. The number of amides is 2. The second-order valence-electron chi connectivity index (χ2n) is 6.46. The Morgan fingerprint density at radius 1 is 1.00 bits per heavy atom. The molecule has 2 amide bonds. The number of carbonyl (C=O) groups is 2. The van der Waals surface area contributed by atoms with Crippen LogP contribution in [0, 0.1) is 0 Å². The highest BCUT2D eigenvalue weighted by molar-refractivity contribution is 5.77. The summed E-state index contributed by atoms with van der Waals surface area (Å²) in [7, 11) is 0. The third-order valence-corrected chi connectivity index (χ3v) is 4.82. The van der Waals surface area contributed by atoms with Crippen LogP contribution < -0.4 is 10.2 Å². The topological polar surface area (TPSA) is 65.1 Å². The van der Waals surface area contributed by atoms with Crippen molar-refractivity contribution in [3.63, 3.8) is 0 Å². The molecule has 0 aromatic heterocycles. The fourth-order valence-corrected chi connectivity index (χ4v) is 3.20. The molecule has 1 N–H and O–H groups in total. The molecule has 1 fully saturated rings. The Balaban J connectivity index is 1.71. The zero-order valence-electron chi connectivity index (χ0n) is 16.7. The van der Waals surface area contributed by atoms with E-state index in [1.54, 1.807) is 11.8 Å². The summed E-state index contributed by atoms with van der Waals surface area (Å²) in [6, 6.07) is 8.31. The van der Waals surface area contributed by atoms with Gasteiger partial charge in [0.2, 0.25) is 5.91 Å². The van der Waals surface area contributed by atoms with Gasteiger partial charge in [0, 0.05) is 63.6 Å². The second-order valence-corrected chi connectivity index (χ2v) is 6.46. The van der Waals surface area contributed by atoms with Gasteiger partial charge in [0.1, 0.15) is 0 Å². The van der Waals surface area contributed by atoms with Crippen LogP contribution in [0.15, 0.2) is 24.3 Å². The molecule has 1 heterocycles. The van der Waals surface area contributed by atoms with Crippen LogP contribution in [-0.4, -0.2) is 74.2 Å². The van der Waals surface area contributed by atoms with Gasteiger partial charge in [-0.2, -0.15) is 0 Å². The van der Waals surface area contributed by atoms with E-state index in [0.717, 1.165) is 18.8 Å². The van der Waals surface area contributed by atoms with E-state index in [0.29, 0.717) is 45.8 Å². The van der Waals surface area contributed by atoms with Crippen LogP contribution in [0.1, 0.15) is 27.2 Å². The molecular formula is C20H32N4O3. The molecule has 0 unspecified atom stereocenters. The Bertz CT molecular complexity index is 594. The molecule has 0 radical (unpaired) electrons. The first-order chi connectivity index (χ1) is 13.1. The quantitative estimate of drug-likeness (QED) is 0.756. The average Bonchev–Trinajstić information content (AvgIpc) is 2.70. The number of piperazine rings is 1. The number of nitrogens with zero attached hydrogens (tertiary/aromatic N) is 3. The van der Waals surface area contributed by atoms with Crippen LogP contribution in [-0.2, 0) is 9.53 Å². The van der Waals surface area contributed by atoms with Gasteiger partial charge in [0.15, 0.2) is 0 Å². The normalized spacial score (nSPS) is 14.0. The Hall–Kier alpha value is -2.44. The van der Waals surface area contributed by atoms with Crippen LogP contribution in [0.4, 0.5) is 16.2 Å². The third kappa shape index (κ3) is 6.05. The zero-order chi connectivity index (χ0) is 19.6. The first-order valence-corrected chi connectivity index (χ1v) is 9.87. The van der Waals surface area contributed by atoms with E-state index in [1.165, 1.54) is 5.69 Å². The number of anilines is 2. The maximum Gasteiger partial charge on any atom is 0.409 e. The molecule has 0 bridgehead atoms. The van der Waals surface area contributed by atoms with Crippen molar-refractivity contribution >= 4 is 23.4 Å². The maximum absolute atomic E-state index is 12.4. The molecule has 0 saturated carbocycles. The molecule has 1 aromatic carbocycles. The van der Waals surface area contributed by atoms with Crippen molar-refractivity contribution < 1.29 is 14.3 Å². The standard InChI is InChI=1S/C20H32N4O3/c1-4-22(5-2)18-9-7-17(8-10-18)21-12-11-19(25)23-13-15-24(16-14-23)20(26)27-6-3/h7-10,21H,4-6,11-16H2,1-3H3. The van der Waals surface area contributed by atoms with Gasteiger partial charge in [0.05, 0.1) is 6.61 Å². The molecule has 2 rings (SSSR count). The summed E-state index contributed by atoms with van der Waals surface area (Å²) in [6.45, 7) is 11.2. The highest BCUT2D eigenvalue weighted by Gasteiger charge is 2.24. The molecule has 27 heavy (non-hydrogen) atoms. The number of rotatable bonds is 8. The van der Waals surface area contributed by atoms with Gasteiger partial charge in [-0.25, -0.2) is 4.79 Å². The van der Waals surface area contributed by atoms with E-state index < -0.39 is 0 Å². The Morgan fingerprint density at radius 2 is 1.59 bits per heavy atom. The van der Waals surface area contributed by atoms with Crippen molar-refractivity contribution in [1.82, 2.24) is 9.80 Å². The van der Waals surface area contributed by atoms with Gasteiger partial charge in [0.25, 0.3) is 0 Å². The molecule has 1 aromatic rings. The van der Waals surface area contributed by atoms with E-state index in [1.807, 2.05) is 4.90 Å². The van der Waals surface area contributed by atoms with Crippen molar-refractivity contribution in [1.29, 1.82) is 0 Å². The molecule has 7 heteroatoms. The van der Waals surface area contributed by atoms with Crippen molar-refractivity contribution in [2.75, 3.05) is 62.6 Å². The Labute approximate surface area is 162 Å². The predicted molar refractivity (Wildman–Crippen MR) is 108 cm³/mol. The Morgan fingerprint density at radius 3 is 2.15 bits per heavy atom. The van der Waals surface area contributed by atoms with Gasteiger partial charge in [-0.15, -0.1) is 0 Å². The first kappa shape index (κ1) is 20.9. The summed E-state index contributed by atoms with van der Waals surface area (Å²) in [6.07, 6.45) is 0.149. The first-order valence-electron chi connectivity index (χ1n) is 9.87. The summed E-state index contributed by atoms with van der Waals surface area (Å²) in [4.78, 5) is 29.8. The van der Waals surface area contributed by atoms with Gasteiger partial charge in [-0.1, -0.05) is 0 Å². The lowest BCUT2D eigenvalue weighted by Crippen LogP contribution is -2.50. The second kappa shape index (κ2) is 10.6. The number of carbonyl (C=O) groups excluding carboxylic acids is 2. The van der Waals surface area contributed by atoms with Crippen molar-refractivity contribution in [3.8, 4) is 0 Å². The zero-order valence-corrected chi connectivity index (χ0v) is 16.7. The summed E-state index contributed by atoms with van der Waals surface area (Å²) >= 11 is 0. The molecule has 1 aliphatic heterocycles. The Kier molecular flexibility index (Phi) is 8.23. The minimum Gasteiger partial charge on any atom is -0.450 e. The van der Waals surface area contributed by atoms with Gasteiger partial charge in [-0.3, -0.25) is 4.79 Å². The van der Waals surface area contributed by atoms with E-state index in [2.05, 4.69) is 48.3 Å². The van der Waals surface area contributed by atoms with Crippen molar-refractivity contribution in [2.45, 2.75) is 27.2 Å². The van der Waals surface area contributed by atoms with Crippen LogP contribution in [0.5, 0.6) is 0 Å².